The minimum absolute atomic E-state index is 0.0985. The third kappa shape index (κ3) is 9.82. The van der Waals surface area contributed by atoms with E-state index in [1.165, 1.54) is 0 Å². The Kier molecular flexibility index (Phi) is 8.76. The molecule has 4 heteroatoms. The maximum absolute atomic E-state index is 11.9. The predicted molar refractivity (Wildman–Crippen MR) is 95.9 cm³/mol. The molecular weight excluding hydrogens is 274 g/mol. The van der Waals surface area contributed by atoms with Crippen molar-refractivity contribution in [3.8, 4) is 0 Å². The topological polar surface area (TPSA) is 44.4 Å². The molecule has 0 atom stereocenters. The summed E-state index contributed by atoms with van der Waals surface area (Å²) in [6.45, 7) is 18.5. The van der Waals surface area contributed by atoms with E-state index in [1.54, 1.807) is 0 Å². The van der Waals surface area contributed by atoms with Gasteiger partial charge in [-0.15, -0.1) is 0 Å². The second kappa shape index (κ2) is 9.19. The van der Waals surface area contributed by atoms with Gasteiger partial charge in [0.1, 0.15) is 0 Å². The summed E-state index contributed by atoms with van der Waals surface area (Å²) in [5, 5.41) is 6.53. The summed E-state index contributed by atoms with van der Waals surface area (Å²) in [5.41, 5.74) is 1.05. The van der Waals surface area contributed by atoms with Crippen molar-refractivity contribution in [2.75, 3.05) is 20.1 Å². The zero-order chi connectivity index (χ0) is 17.4. The largest absolute Gasteiger partial charge is 0.384 e. The monoisotopic (exact) mass is 311 g/mol. The van der Waals surface area contributed by atoms with E-state index in [4.69, 9.17) is 0 Å². The molecule has 0 rings (SSSR count). The second-order valence-electron chi connectivity index (χ2n) is 7.55. The Morgan fingerprint density at radius 2 is 1.41 bits per heavy atom. The first-order chi connectivity index (χ1) is 10.0. The maximum Gasteiger partial charge on any atom is 0.221 e. The van der Waals surface area contributed by atoms with Crippen LogP contribution in [0.15, 0.2) is 12.3 Å². The molecule has 0 aromatic rings. The van der Waals surface area contributed by atoms with Crippen molar-refractivity contribution in [2.45, 2.75) is 78.3 Å². The summed E-state index contributed by atoms with van der Waals surface area (Å²) in [7, 11) is 2.05. The summed E-state index contributed by atoms with van der Waals surface area (Å²) in [6, 6.07) is 0. The Morgan fingerprint density at radius 3 is 1.91 bits per heavy atom. The Bertz CT molecular complexity index is 327. The molecule has 0 aromatic heterocycles. The fourth-order valence-electron chi connectivity index (χ4n) is 1.89. The lowest BCUT2D eigenvalue weighted by Crippen LogP contribution is -2.43. The fourth-order valence-corrected chi connectivity index (χ4v) is 1.89. The summed E-state index contributed by atoms with van der Waals surface area (Å²) < 4.78 is 0. The van der Waals surface area contributed by atoms with Crippen LogP contribution in [0.3, 0.4) is 0 Å². The van der Waals surface area contributed by atoms with E-state index in [-0.39, 0.29) is 17.0 Å². The molecule has 0 heterocycles. The van der Waals surface area contributed by atoms with Crippen LogP contribution in [0.5, 0.6) is 0 Å². The molecule has 1 amide bonds. The number of carbonyl (C=O) groups is 1. The lowest BCUT2D eigenvalue weighted by molar-refractivity contribution is -0.123. The van der Waals surface area contributed by atoms with Gasteiger partial charge >= 0.3 is 0 Å². The van der Waals surface area contributed by atoms with Crippen LogP contribution in [0.2, 0.25) is 0 Å². The molecule has 0 bridgehead atoms. The summed E-state index contributed by atoms with van der Waals surface area (Å²) >= 11 is 0. The van der Waals surface area contributed by atoms with Gasteiger partial charge in [-0.2, -0.15) is 0 Å². The van der Waals surface area contributed by atoms with Gasteiger partial charge in [0, 0.05) is 36.3 Å². The van der Waals surface area contributed by atoms with E-state index in [1.807, 2.05) is 0 Å². The molecule has 0 aliphatic carbocycles. The van der Waals surface area contributed by atoms with Crippen LogP contribution in [0.25, 0.3) is 0 Å². The van der Waals surface area contributed by atoms with Crippen LogP contribution >= 0.6 is 0 Å². The van der Waals surface area contributed by atoms with E-state index in [0.717, 1.165) is 38.0 Å². The Balaban J connectivity index is 3.98. The van der Waals surface area contributed by atoms with E-state index < -0.39 is 0 Å². The third-order valence-electron chi connectivity index (χ3n) is 4.28. The van der Waals surface area contributed by atoms with Crippen molar-refractivity contribution in [2.24, 2.45) is 0 Å². The first kappa shape index (κ1) is 21.0. The number of rotatable bonds is 11. The molecule has 0 radical (unpaired) electrons. The summed E-state index contributed by atoms with van der Waals surface area (Å²) in [6.07, 6.45) is 3.45. The van der Waals surface area contributed by atoms with Gasteiger partial charge in [0.25, 0.3) is 0 Å². The van der Waals surface area contributed by atoms with Gasteiger partial charge in [-0.1, -0.05) is 20.4 Å². The fraction of sp³-hybridized carbons (Fsp3) is 0.833. The molecule has 0 spiro atoms. The lowest BCUT2D eigenvalue weighted by atomic mass is 10.0. The molecule has 2 N–H and O–H groups in total. The molecule has 0 aliphatic heterocycles. The van der Waals surface area contributed by atoms with Crippen LogP contribution in [0.4, 0.5) is 0 Å². The van der Waals surface area contributed by atoms with Gasteiger partial charge in [0.05, 0.1) is 0 Å². The highest BCUT2D eigenvalue weighted by Crippen LogP contribution is 2.11. The first-order valence-corrected chi connectivity index (χ1v) is 8.47. The van der Waals surface area contributed by atoms with Crippen molar-refractivity contribution >= 4 is 5.91 Å². The zero-order valence-corrected chi connectivity index (χ0v) is 15.8. The minimum Gasteiger partial charge on any atom is -0.384 e. The van der Waals surface area contributed by atoms with Gasteiger partial charge in [-0.3, -0.25) is 4.79 Å². The maximum atomic E-state index is 11.9. The van der Waals surface area contributed by atoms with Gasteiger partial charge in [-0.05, 0) is 54.0 Å². The summed E-state index contributed by atoms with van der Waals surface area (Å²) in [4.78, 5) is 14.1. The third-order valence-corrected chi connectivity index (χ3v) is 4.28. The Morgan fingerprint density at radius 1 is 0.955 bits per heavy atom. The molecule has 0 saturated carbocycles. The average Bonchev–Trinajstić information content (AvgIpc) is 2.42. The number of nitrogens with zero attached hydrogens (tertiary/aromatic N) is 1. The van der Waals surface area contributed by atoms with Crippen LogP contribution in [0, 0.1) is 0 Å². The molecule has 0 saturated heterocycles. The number of carbonyl (C=O) groups excluding carboxylic acids is 1. The number of nitrogens with one attached hydrogen (secondary N) is 2. The van der Waals surface area contributed by atoms with Crippen molar-refractivity contribution < 1.29 is 4.79 Å². The number of amides is 1. The molecule has 4 nitrogen and oxygen atoms in total. The van der Waals surface area contributed by atoms with E-state index in [9.17, 15) is 4.79 Å². The van der Waals surface area contributed by atoms with E-state index in [2.05, 4.69) is 70.7 Å². The lowest BCUT2D eigenvalue weighted by Gasteiger charge is -2.28. The highest BCUT2D eigenvalue weighted by molar-refractivity contribution is 5.76. The number of hydrogen-bond donors (Lipinski definition) is 2. The Labute approximate surface area is 137 Å². The van der Waals surface area contributed by atoms with Gasteiger partial charge < -0.3 is 15.5 Å². The molecule has 22 heavy (non-hydrogen) atoms. The molecule has 0 aromatic carbocycles. The Hall–Kier alpha value is -1.03. The predicted octanol–water partition coefficient (Wildman–Crippen LogP) is 3.30. The van der Waals surface area contributed by atoms with Crippen molar-refractivity contribution in [1.82, 2.24) is 15.5 Å². The molecule has 130 valence electrons. The quantitative estimate of drug-likeness (QED) is 0.615. The highest BCUT2D eigenvalue weighted by Gasteiger charge is 2.18. The van der Waals surface area contributed by atoms with E-state index in [0.29, 0.717) is 6.42 Å². The molecule has 0 aliphatic rings. The number of hydrogen-bond acceptors (Lipinski definition) is 3. The minimum atomic E-state index is -0.112. The van der Waals surface area contributed by atoms with Gasteiger partial charge in [0.15, 0.2) is 0 Å². The zero-order valence-electron chi connectivity index (χ0n) is 15.8. The smallest absolute Gasteiger partial charge is 0.221 e. The standard InChI is InChI=1S/C18H37N3O/c1-9-17(4,5)19-15(3)11-13-21(8)14-12-16(22)20-18(6,7)10-2/h19H,3,9-14H2,1-2,4-8H3,(H,20,22). The van der Waals surface area contributed by atoms with Crippen molar-refractivity contribution in [1.29, 1.82) is 0 Å². The molecule has 0 unspecified atom stereocenters. The normalized spacial score (nSPS) is 12.4. The van der Waals surface area contributed by atoms with Crippen LogP contribution in [0.1, 0.15) is 67.2 Å². The van der Waals surface area contributed by atoms with Crippen molar-refractivity contribution in [3.63, 3.8) is 0 Å². The second-order valence-corrected chi connectivity index (χ2v) is 7.55. The summed E-state index contributed by atoms with van der Waals surface area (Å²) in [5.74, 6) is 0.128. The van der Waals surface area contributed by atoms with Crippen LogP contribution in [-0.4, -0.2) is 42.0 Å². The van der Waals surface area contributed by atoms with Crippen LogP contribution in [-0.2, 0) is 4.79 Å². The molecular formula is C18H37N3O. The van der Waals surface area contributed by atoms with Crippen molar-refractivity contribution in [3.05, 3.63) is 12.3 Å². The van der Waals surface area contributed by atoms with Crippen LogP contribution < -0.4 is 10.6 Å². The van der Waals surface area contributed by atoms with E-state index >= 15 is 0 Å². The average molecular weight is 312 g/mol. The van der Waals surface area contributed by atoms with Gasteiger partial charge in [0.2, 0.25) is 5.91 Å². The SMILES string of the molecule is C=C(CCN(C)CCC(=O)NC(C)(C)CC)NC(C)(C)CC. The van der Waals surface area contributed by atoms with Gasteiger partial charge in [-0.25, -0.2) is 0 Å². The molecule has 0 fully saturated rings. The highest BCUT2D eigenvalue weighted by atomic mass is 16.1. The first-order valence-electron chi connectivity index (χ1n) is 8.47.